The fourth-order valence-corrected chi connectivity index (χ4v) is 4.33. The molecule has 0 bridgehead atoms. The van der Waals surface area contributed by atoms with Crippen molar-refractivity contribution in [2.24, 2.45) is 0 Å². The van der Waals surface area contributed by atoms with E-state index >= 15 is 0 Å². The monoisotopic (exact) mass is 400 g/mol. The molecule has 3 rings (SSSR count). The molecule has 0 aliphatic carbocycles. The van der Waals surface area contributed by atoms with Gasteiger partial charge in [0, 0.05) is 24.5 Å². The topological polar surface area (TPSA) is 66.5 Å². The van der Waals surface area contributed by atoms with Crippen molar-refractivity contribution < 1.29 is 13.2 Å². The Bertz CT molecular complexity index is 997. The van der Waals surface area contributed by atoms with Crippen LogP contribution >= 0.6 is 11.3 Å². The number of hydrogen-bond donors (Lipinski definition) is 1. The Morgan fingerprint density at radius 2 is 1.63 bits per heavy atom. The number of nitrogens with zero attached hydrogens (tertiary/aromatic N) is 1. The zero-order valence-corrected chi connectivity index (χ0v) is 16.6. The largest absolute Gasteiger partial charge is 0.340 e. The number of thiophene rings is 1. The lowest BCUT2D eigenvalue weighted by atomic mass is 10.0. The van der Waals surface area contributed by atoms with E-state index in [0.29, 0.717) is 5.56 Å². The summed E-state index contributed by atoms with van der Waals surface area (Å²) in [6.07, 6.45) is 0. The maximum atomic E-state index is 12.8. The molecule has 5 nitrogen and oxygen atoms in total. The van der Waals surface area contributed by atoms with Crippen molar-refractivity contribution in [3.05, 3.63) is 88.1 Å². The highest BCUT2D eigenvalue weighted by Crippen LogP contribution is 2.26. The van der Waals surface area contributed by atoms with Gasteiger partial charge in [0.2, 0.25) is 10.0 Å². The maximum Gasteiger partial charge on any atom is 0.252 e. The Kier molecular flexibility index (Phi) is 5.74. The Hall–Kier alpha value is -2.48. The number of carbonyl (C=O) groups excluding carboxylic acids is 1. The molecule has 3 aromatic rings. The molecule has 0 spiro atoms. The SMILES string of the molecule is CN(C)S(=O)(=O)c1ccc(C(=O)N[C@@H](c2ccccc2)c2cccs2)cc1. The number of benzene rings is 2. The second-order valence-electron chi connectivity index (χ2n) is 6.14. The zero-order chi connectivity index (χ0) is 19.4. The number of rotatable bonds is 6. The van der Waals surface area contributed by atoms with Crippen LogP contribution < -0.4 is 5.32 Å². The molecule has 0 saturated carbocycles. The lowest BCUT2D eigenvalue weighted by Gasteiger charge is -2.18. The number of amides is 1. The second-order valence-corrected chi connectivity index (χ2v) is 9.28. The molecule has 7 heteroatoms. The average molecular weight is 401 g/mol. The summed E-state index contributed by atoms with van der Waals surface area (Å²) in [5.41, 5.74) is 1.39. The molecule has 2 aromatic carbocycles. The van der Waals surface area contributed by atoms with E-state index in [1.807, 2.05) is 47.8 Å². The molecule has 1 amide bonds. The van der Waals surface area contributed by atoms with Gasteiger partial charge in [0.1, 0.15) is 0 Å². The maximum absolute atomic E-state index is 12.8. The van der Waals surface area contributed by atoms with Crippen LogP contribution in [0.15, 0.2) is 77.0 Å². The summed E-state index contributed by atoms with van der Waals surface area (Å²) >= 11 is 1.57. The zero-order valence-electron chi connectivity index (χ0n) is 15.0. The molecule has 27 heavy (non-hydrogen) atoms. The molecule has 0 radical (unpaired) electrons. The lowest BCUT2D eigenvalue weighted by molar-refractivity contribution is 0.0943. The summed E-state index contributed by atoms with van der Waals surface area (Å²) in [6.45, 7) is 0. The van der Waals surface area contributed by atoms with Crippen LogP contribution in [0.3, 0.4) is 0 Å². The van der Waals surface area contributed by atoms with Gasteiger partial charge in [-0.1, -0.05) is 36.4 Å². The number of sulfonamides is 1. The minimum absolute atomic E-state index is 0.155. The molecular formula is C20H20N2O3S2. The van der Waals surface area contributed by atoms with Crippen LogP contribution in [0.1, 0.15) is 26.8 Å². The molecule has 140 valence electrons. The van der Waals surface area contributed by atoms with E-state index in [2.05, 4.69) is 5.32 Å². The highest BCUT2D eigenvalue weighted by Gasteiger charge is 2.20. The molecule has 0 saturated heterocycles. The van der Waals surface area contributed by atoms with Gasteiger partial charge in [-0.05, 0) is 41.3 Å². The fourth-order valence-electron chi connectivity index (χ4n) is 2.62. The van der Waals surface area contributed by atoms with Gasteiger partial charge in [-0.25, -0.2) is 12.7 Å². The Morgan fingerprint density at radius 3 is 2.19 bits per heavy atom. The van der Waals surface area contributed by atoms with Crippen molar-refractivity contribution in [1.29, 1.82) is 0 Å². The van der Waals surface area contributed by atoms with Gasteiger partial charge in [-0.3, -0.25) is 4.79 Å². The van der Waals surface area contributed by atoms with Gasteiger partial charge in [-0.15, -0.1) is 11.3 Å². The Morgan fingerprint density at radius 1 is 0.963 bits per heavy atom. The predicted octanol–water partition coefficient (Wildman–Crippen LogP) is 3.52. The summed E-state index contributed by atoms with van der Waals surface area (Å²) in [4.78, 5) is 13.9. The number of carbonyl (C=O) groups is 1. The van der Waals surface area contributed by atoms with Crippen molar-refractivity contribution in [3.63, 3.8) is 0 Å². The Labute approximate surface area is 163 Å². The van der Waals surface area contributed by atoms with Crippen LogP contribution in [0.25, 0.3) is 0 Å². The summed E-state index contributed by atoms with van der Waals surface area (Å²) in [7, 11) is -0.570. The van der Waals surface area contributed by atoms with E-state index in [1.54, 1.807) is 11.3 Å². The van der Waals surface area contributed by atoms with Gasteiger partial charge in [0.25, 0.3) is 5.91 Å². The van der Waals surface area contributed by atoms with Gasteiger partial charge in [0.15, 0.2) is 0 Å². The summed E-state index contributed by atoms with van der Waals surface area (Å²) in [5.74, 6) is -0.258. The van der Waals surface area contributed by atoms with Gasteiger partial charge < -0.3 is 5.32 Å². The van der Waals surface area contributed by atoms with Crippen molar-refractivity contribution in [2.75, 3.05) is 14.1 Å². The van der Waals surface area contributed by atoms with Gasteiger partial charge in [-0.2, -0.15) is 0 Å². The van der Waals surface area contributed by atoms with E-state index in [4.69, 9.17) is 0 Å². The van der Waals surface area contributed by atoms with E-state index in [0.717, 1.165) is 14.7 Å². The highest BCUT2D eigenvalue weighted by molar-refractivity contribution is 7.89. The molecule has 0 aliphatic heterocycles. The summed E-state index contributed by atoms with van der Waals surface area (Å²) in [6, 6.07) is 19.4. The third-order valence-corrected chi connectivity index (χ3v) is 6.90. The van der Waals surface area contributed by atoms with E-state index in [1.165, 1.54) is 38.4 Å². The molecule has 0 aliphatic rings. The highest BCUT2D eigenvalue weighted by atomic mass is 32.2. The first-order valence-electron chi connectivity index (χ1n) is 8.31. The third-order valence-electron chi connectivity index (χ3n) is 4.13. The van der Waals surface area contributed by atoms with Crippen LogP contribution in [0, 0.1) is 0 Å². The van der Waals surface area contributed by atoms with Crippen LogP contribution in [-0.4, -0.2) is 32.7 Å². The molecule has 1 N–H and O–H groups in total. The lowest BCUT2D eigenvalue weighted by Crippen LogP contribution is -2.29. The average Bonchev–Trinajstić information content (AvgIpc) is 3.21. The fraction of sp³-hybridized carbons (Fsp3) is 0.150. The van der Waals surface area contributed by atoms with Crippen LogP contribution in [0.4, 0.5) is 0 Å². The minimum Gasteiger partial charge on any atom is -0.340 e. The van der Waals surface area contributed by atoms with Gasteiger partial charge >= 0.3 is 0 Å². The molecule has 1 heterocycles. The molecule has 1 atom stereocenters. The van der Waals surface area contributed by atoms with Crippen molar-refractivity contribution in [1.82, 2.24) is 9.62 Å². The quantitative estimate of drug-likeness (QED) is 0.688. The number of nitrogens with one attached hydrogen (secondary N) is 1. The minimum atomic E-state index is -3.52. The first kappa shape index (κ1) is 19.3. The van der Waals surface area contributed by atoms with E-state index in [9.17, 15) is 13.2 Å². The third kappa shape index (κ3) is 4.27. The summed E-state index contributed by atoms with van der Waals surface area (Å²) in [5, 5.41) is 5.02. The standard InChI is InChI=1S/C20H20N2O3S2/c1-22(2)27(24,25)17-12-10-16(11-13-17)20(23)21-19(18-9-6-14-26-18)15-7-4-3-5-8-15/h3-14,19H,1-2H3,(H,21,23)/t19-/m0/s1. The first-order valence-corrected chi connectivity index (χ1v) is 10.6. The predicted molar refractivity (Wildman–Crippen MR) is 107 cm³/mol. The smallest absolute Gasteiger partial charge is 0.252 e. The number of hydrogen-bond acceptors (Lipinski definition) is 4. The van der Waals surface area contributed by atoms with Crippen molar-refractivity contribution in [3.8, 4) is 0 Å². The summed E-state index contributed by atoms with van der Waals surface area (Å²) < 4.78 is 25.5. The van der Waals surface area contributed by atoms with Crippen molar-refractivity contribution >= 4 is 27.3 Å². The molecule has 1 aromatic heterocycles. The second kappa shape index (κ2) is 8.04. The van der Waals surface area contributed by atoms with Crippen LogP contribution in [0.5, 0.6) is 0 Å². The van der Waals surface area contributed by atoms with E-state index in [-0.39, 0.29) is 16.8 Å². The van der Waals surface area contributed by atoms with Crippen LogP contribution in [-0.2, 0) is 10.0 Å². The van der Waals surface area contributed by atoms with Crippen LogP contribution in [0.2, 0.25) is 0 Å². The van der Waals surface area contributed by atoms with E-state index < -0.39 is 10.0 Å². The molecule has 0 unspecified atom stereocenters. The van der Waals surface area contributed by atoms with Crippen molar-refractivity contribution in [2.45, 2.75) is 10.9 Å². The van der Waals surface area contributed by atoms with Gasteiger partial charge in [0.05, 0.1) is 10.9 Å². The molecular weight excluding hydrogens is 380 g/mol. The molecule has 0 fully saturated rings. The Balaban J connectivity index is 1.85. The normalized spacial score (nSPS) is 12.7. The first-order chi connectivity index (χ1) is 12.9.